The van der Waals surface area contributed by atoms with Crippen LogP contribution in [0.3, 0.4) is 0 Å². The molecule has 0 spiro atoms. The van der Waals surface area contributed by atoms with Gasteiger partial charge in [0.2, 0.25) is 0 Å². The Bertz CT molecular complexity index is 640. The second kappa shape index (κ2) is 3.39. The van der Waals surface area contributed by atoms with E-state index in [0.717, 1.165) is 16.5 Å². The third-order valence-electron chi connectivity index (χ3n) is 2.48. The molecule has 16 heavy (non-hydrogen) atoms. The summed E-state index contributed by atoms with van der Waals surface area (Å²) in [5, 5.41) is 5.55. The summed E-state index contributed by atoms with van der Waals surface area (Å²) in [6.07, 6.45) is 1.60. The fraction of sp³-hybridized carbons (Fsp3) is 0.0833. The zero-order valence-electron chi connectivity index (χ0n) is 8.53. The van der Waals surface area contributed by atoms with Crippen LogP contribution < -0.4 is 0 Å². The molecule has 1 aromatic carbocycles. The Balaban J connectivity index is 2.35. The molecule has 0 bridgehead atoms. The molecule has 0 saturated heterocycles. The average molecular weight is 234 g/mol. The van der Waals surface area contributed by atoms with Crippen LogP contribution in [0.1, 0.15) is 5.56 Å². The molecule has 0 fully saturated rings. The summed E-state index contributed by atoms with van der Waals surface area (Å²) >= 11 is 6.01. The molecular formula is C12H8ClNO2. The molecule has 3 rings (SSSR count). The van der Waals surface area contributed by atoms with Gasteiger partial charge in [-0.2, -0.15) is 0 Å². The maximum Gasteiger partial charge on any atom is 0.170 e. The highest BCUT2D eigenvalue weighted by Gasteiger charge is 2.14. The Hall–Kier alpha value is -1.74. The van der Waals surface area contributed by atoms with E-state index >= 15 is 0 Å². The number of hydrogen-bond donors (Lipinski definition) is 0. The van der Waals surface area contributed by atoms with Gasteiger partial charge in [0.15, 0.2) is 17.0 Å². The first-order valence-corrected chi connectivity index (χ1v) is 5.23. The van der Waals surface area contributed by atoms with Gasteiger partial charge in [0.25, 0.3) is 0 Å². The van der Waals surface area contributed by atoms with Gasteiger partial charge in [-0.25, -0.2) is 0 Å². The van der Waals surface area contributed by atoms with Crippen molar-refractivity contribution < 1.29 is 8.94 Å². The second-order valence-electron chi connectivity index (χ2n) is 3.61. The van der Waals surface area contributed by atoms with Gasteiger partial charge in [-0.15, -0.1) is 0 Å². The van der Waals surface area contributed by atoms with Crippen molar-refractivity contribution in [1.29, 1.82) is 0 Å². The maximum absolute atomic E-state index is 6.01. The summed E-state index contributed by atoms with van der Waals surface area (Å²) in [6, 6.07) is 7.33. The van der Waals surface area contributed by atoms with Crippen LogP contribution in [0.4, 0.5) is 0 Å². The Morgan fingerprint density at radius 2 is 2.19 bits per heavy atom. The number of furan rings is 1. The van der Waals surface area contributed by atoms with Gasteiger partial charge >= 0.3 is 0 Å². The van der Waals surface area contributed by atoms with E-state index in [4.69, 9.17) is 20.5 Å². The molecular weight excluding hydrogens is 226 g/mol. The minimum absolute atomic E-state index is 0.668. The summed E-state index contributed by atoms with van der Waals surface area (Å²) in [7, 11) is 0. The predicted molar refractivity (Wildman–Crippen MR) is 61.5 cm³/mol. The Labute approximate surface area is 96.6 Å². The zero-order chi connectivity index (χ0) is 11.1. The molecule has 0 unspecified atom stereocenters. The molecule has 2 heterocycles. The molecule has 0 saturated carbocycles. The highest BCUT2D eigenvalue weighted by molar-refractivity contribution is 6.31. The van der Waals surface area contributed by atoms with Crippen LogP contribution in [-0.4, -0.2) is 5.16 Å². The molecule has 3 nitrogen and oxygen atoms in total. The van der Waals surface area contributed by atoms with E-state index in [0.29, 0.717) is 16.5 Å². The number of hydrogen-bond acceptors (Lipinski definition) is 3. The van der Waals surface area contributed by atoms with Gasteiger partial charge in [-0.1, -0.05) is 16.8 Å². The second-order valence-corrected chi connectivity index (χ2v) is 4.04. The molecule has 80 valence electrons. The van der Waals surface area contributed by atoms with E-state index < -0.39 is 0 Å². The van der Waals surface area contributed by atoms with Crippen LogP contribution >= 0.6 is 11.6 Å². The minimum Gasteiger partial charge on any atom is -0.463 e. The summed E-state index contributed by atoms with van der Waals surface area (Å²) in [6.45, 7) is 1.94. The summed E-state index contributed by atoms with van der Waals surface area (Å²) in [5.41, 5.74) is 2.40. The number of benzene rings is 1. The van der Waals surface area contributed by atoms with Crippen LogP contribution in [0.2, 0.25) is 5.02 Å². The number of aryl methyl sites for hydroxylation is 1. The topological polar surface area (TPSA) is 39.2 Å². The van der Waals surface area contributed by atoms with Gasteiger partial charge in [-0.05, 0) is 36.8 Å². The van der Waals surface area contributed by atoms with E-state index in [1.54, 1.807) is 6.26 Å². The van der Waals surface area contributed by atoms with E-state index in [-0.39, 0.29) is 0 Å². The molecule has 0 aliphatic heterocycles. The van der Waals surface area contributed by atoms with Gasteiger partial charge < -0.3 is 8.94 Å². The van der Waals surface area contributed by atoms with Crippen LogP contribution in [0.15, 0.2) is 39.5 Å². The predicted octanol–water partition coefficient (Wildman–Crippen LogP) is 4.05. The Kier molecular flexibility index (Phi) is 2.01. The number of halogens is 1. The van der Waals surface area contributed by atoms with Gasteiger partial charge in [0.05, 0.1) is 11.6 Å². The average Bonchev–Trinajstić information content (AvgIpc) is 2.83. The first kappa shape index (κ1) is 9.48. The van der Waals surface area contributed by atoms with E-state index in [2.05, 4.69) is 5.16 Å². The van der Waals surface area contributed by atoms with Crippen LogP contribution in [0, 0.1) is 6.92 Å². The van der Waals surface area contributed by atoms with Gasteiger partial charge in [-0.3, -0.25) is 0 Å². The molecule has 0 aliphatic carbocycles. The molecule has 0 atom stereocenters. The first-order valence-electron chi connectivity index (χ1n) is 4.85. The highest BCUT2D eigenvalue weighted by Crippen LogP contribution is 2.32. The van der Waals surface area contributed by atoms with Crippen LogP contribution in [0.5, 0.6) is 0 Å². The van der Waals surface area contributed by atoms with Gasteiger partial charge in [0.1, 0.15) is 0 Å². The smallest absolute Gasteiger partial charge is 0.170 e. The minimum atomic E-state index is 0.668. The number of fused-ring (bicyclic) bond motifs is 1. The van der Waals surface area contributed by atoms with Crippen molar-refractivity contribution in [3.8, 4) is 11.5 Å². The molecule has 0 aliphatic rings. The molecule has 0 amide bonds. The van der Waals surface area contributed by atoms with Crippen molar-refractivity contribution >= 4 is 22.6 Å². The standard InChI is InChI=1S/C12H8ClNO2/c1-7-5-8(13)6-9-11(14-16-12(7)9)10-3-2-4-15-10/h2-6H,1H3. The maximum atomic E-state index is 6.01. The summed E-state index contributed by atoms with van der Waals surface area (Å²) in [5.74, 6) is 0.681. The van der Waals surface area contributed by atoms with Crippen molar-refractivity contribution in [3.63, 3.8) is 0 Å². The number of nitrogens with zero attached hydrogens (tertiary/aromatic N) is 1. The lowest BCUT2D eigenvalue weighted by Gasteiger charge is -1.95. The molecule has 3 aromatic rings. The Morgan fingerprint density at radius 1 is 1.31 bits per heavy atom. The van der Waals surface area contributed by atoms with Crippen molar-refractivity contribution in [2.24, 2.45) is 0 Å². The lowest BCUT2D eigenvalue weighted by atomic mass is 10.1. The summed E-state index contributed by atoms with van der Waals surface area (Å²) < 4.78 is 10.6. The zero-order valence-corrected chi connectivity index (χ0v) is 9.28. The fourth-order valence-electron chi connectivity index (χ4n) is 1.76. The first-order chi connectivity index (χ1) is 7.75. The SMILES string of the molecule is Cc1cc(Cl)cc2c(-c3ccco3)noc12. The van der Waals surface area contributed by atoms with E-state index in [1.165, 1.54) is 0 Å². The third-order valence-corrected chi connectivity index (χ3v) is 2.70. The summed E-state index contributed by atoms with van der Waals surface area (Å²) in [4.78, 5) is 0. The largest absolute Gasteiger partial charge is 0.463 e. The third kappa shape index (κ3) is 1.32. The lowest BCUT2D eigenvalue weighted by Crippen LogP contribution is -1.76. The molecule has 2 aromatic heterocycles. The van der Waals surface area contributed by atoms with Crippen molar-refractivity contribution in [3.05, 3.63) is 41.1 Å². The lowest BCUT2D eigenvalue weighted by molar-refractivity contribution is 0.453. The quantitative estimate of drug-likeness (QED) is 0.637. The van der Waals surface area contributed by atoms with Crippen molar-refractivity contribution in [2.75, 3.05) is 0 Å². The van der Waals surface area contributed by atoms with Crippen LogP contribution in [0.25, 0.3) is 22.4 Å². The molecule has 4 heteroatoms. The Morgan fingerprint density at radius 3 is 2.94 bits per heavy atom. The highest BCUT2D eigenvalue weighted by atomic mass is 35.5. The number of rotatable bonds is 1. The van der Waals surface area contributed by atoms with Crippen LogP contribution in [-0.2, 0) is 0 Å². The van der Waals surface area contributed by atoms with E-state index in [9.17, 15) is 0 Å². The molecule has 0 radical (unpaired) electrons. The van der Waals surface area contributed by atoms with Crippen molar-refractivity contribution in [2.45, 2.75) is 6.92 Å². The van der Waals surface area contributed by atoms with Gasteiger partial charge in [0, 0.05) is 5.02 Å². The fourth-order valence-corrected chi connectivity index (χ4v) is 2.03. The van der Waals surface area contributed by atoms with E-state index in [1.807, 2.05) is 31.2 Å². The molecule has 0 N–H and O–H groups in total. The monoisotopic (exact) mass is 233 g/mol. The van der Waals surface area contributed by atoms with Crippen molar-refractivity contribution in [1.82, 2.24) is 5.16 Å². The normalized spacial score (nSPS) is 11.1. The number of aromatic nitrogens is 1.